The molecule has 88 valence electrons. The van der Waals surface area contributed by atoms with E-state index in [4.69, 9.17) is 15.3 Å². The van der Waals surface area contributed by atoms with Crippen LogP contribution in [0.4, 0.5) is 0 Å². The summed E-state index contributed by atoms with van der Waals surface area (Å²) in [5.74, 6) is -3.26. The standard InChI is InChI=1S/C12H10O5/c13-10(12(16)17)7-9-3-1-2-8(6-9)4-5-11(14)15/h1-7,13H,(H,14,15)(H,16,17)/b5-4+,10-7-. The van der Waals surface area contributed by atoms with Gasteiger partial charge < -0.3 is 15.3 Å². The number of aliphatic carboxylic acids is 2. The second-order valence-corrected chi connectivity index (χ2v) is 3.18. The zero-order valence-corrected chi connectivity index (χ0v) is 8.70. The van der Waals surface area contributed by atoms with E-state index in [0.29, 0.717) is 11.1 Å². The number of rotatable bonds is 4. The average Bonchev–Trinajstić information content (AvgIpc) is 2.26. The fourth-order valence-electron chi connectivity index (χ4n) is 1.14. The van der Waals surface area contributed by atoms with E-state index < -0.39 is 17.7 Å². The average molecular weight is 234 g/mol. The van der Waals surface area contributed by atoms with Gasteiger partial charge in [0.05, 0.1) is 0 Å². The highest BCUT2D eigenvalue weighted by Gasteiger charge is 2.03. The number of carbonyl (C=O) groups is 2. The first-order valence-corrected chi connectivity index (χ1v) is 4.64. The lowest BCUT2D eigenvalue weighted by molar-refractivity contribution is -0.135. The lowest BCUT2D eigenvalue weighted by Crippen LogP contribution is -1.98. The molecule has 0 saturated carbocycles. The van der Waals surface area contributed by atoms with Gasteiger partial charge in [0.2, 0.25) is 5.76 Å². The highest BCUT2D eigenvalue weighted by atomic mass is 16.4. The minimum absolute atomic E-state index is 0.470. The van der Waals surface area contributed by atoms with Crippen LogP contribution in [0.25, 0.3) is 12.2 Å². The van der Waals surface area contributed by atoms with E-state index >= 15 is 0 Å². The molecule has 1 aromatic rings. The van der Waals surface area contributed by atoms with Gasteiger partial charge >= 0.3 is 11.9 Å². The van der Waals surface area contributed by atoms with Crippen LogP contribution in [-0.4, -0.2) is 27.3 Å². The summed E-state index contributed by atoms with van der Waals surface area (Å²) in [5.41, 5.74) is 1.07. The quantitative estimate of drug-likeness (QED) is 0.545. The molecule has 5 nitrogen and oxygen atoms in total. The zero-order chi connectivity index (χ0) is 12.8. The Labute approximate surface area is 96.9 Å². The minimum Gasteiger partial charge on any atom is -0.502 e. The maximum Gasteiger partial charge on any atom is 0.370 e. The van der Waals surface area contributed by atoms with E-state index in [1.54, 1.807) is 24.3 Å². The molecule has 0 amide bonds. The van der Waals surface area contributed by atoms with Crippen LogP contribution in [0.15, 0.2) is 36.1 Å². The summed E-state index contributed by atoms with van der Waals surface area (Å²) >= 11 is 0. The normalized spacial score (nSPS) is 11.6. The van der Waals surface area contributed by atoms with E-state index in [2.05, 4.69) is 0 Å². The molecule has 0 aliphatic carbocycles. The number of benzene rings is 1. The van der Waals surface area contributed by atoms with Crippen molar-refractivity contribution in [2.75, 3.05) is 0 Å². The summed E-state index contributed by atoms with van der Waals surface area (Å²) in [6.07, 6.45) is 3.43. The first-order chi connectivity index (χ1) is 7.99. The van der Waals surface area contributed by atoms with E-state index in [1.807, 2.05) is 0 Å². The Morgan fingerprint density at radius 3 is 2.29 bits per heavy atom. The number of carboxylic acids is 2. The molecule has 0 heterocycles. The van der Waals surface area contributed by atoms with Crippen LogP contribution < -0.4 is 0 Å². The van der Waals surface area contributed by atoms with Gasteiger partial charge in [0.15, 0.2) is 0 Å². The van der Waals surface area contributed by atoms with Crippen molar-refractivity contribution in [1.82, 2.24) is 0 Å². The third-order valence-corrected chi connectivity index (χ3v) is 1.85. The van der Waals surface area contributed by atoms with Gasteiger partial charge in [-0.2, -0.15) is 0 Å². The Morgan fingerprint density at radius 2 is 1.71 bits per heavy atom. The molecule has 0 aromatic heterocycles. The largest absolute Gasteiger partial charge is 0.502 e. The topological polar surface area (TPSA) is 94.8 Å². The number of hydrogen-bond acceptors (Lipinski definition) is 3. The molecular weight excluding hydrogens is 224 g/mol. The summed E-state index contributed by atoms with van der Waals surface area (Å²) in [4.78, 5) is 20.7. The summed E-state index contributed by atoms with van der Waals surface area (Å²) < 4.78 is 0. The number of aliphatic hydroxyl groups excluding tert-OH is 1. The Bertz CT molecular complexity index is 499. The molecule has 3 N–H and O–H groups in total. The van der Waals surface area contributed by atoms with Crippen molar-refractivity contribution in [1.29, 1.82) is 0 Å². The predicted molar refractivity (Wildman–Crippen MR) is 61.4 cm³/mol. The fourth-order valence-corrected chi connectivity index (χ4v) is 1.14. The molecule has 0 spiro atoms. The molecule has 0 aliphatic rings. The molecule has 0 radical (unpaired) electrons. The van der Waals surface area contributed by atoms with E-state index in [0.717, 1.165) is 12.2 Å². The number of carboxylic acid groups (broad SMARTS) is 2. The van der Waals surface area contributed by atoms with Crippen molar-refractivity contribution in [2.24, 2.45) is 0 Å². The van der Waals surface area contributed by atoms with Crippen LogP contribution >= 0.6 is 0 Å². The van der Waals surface area contributed by atoms with Gasteiger partial charge in [0.25, 0.3) is 0 Å². The molecule has 0 saturated heterocycles. The summed E-state index contributed by atoms with van der Waals surface area (Å²) in [6.45, 7) is 0. The van der Waals surface area contributed by atoms with Crippen LogP contribution in [0.1, 0.15) is 11.1 Å². The SMILES string of the molecule is O=C(O)/C=C/c1cccc(/C=C(\O)C(=O)O)c1. The van der Waals surface area contributed by atoms with Crippen LogP contribution in [-0.2, 0) is 9.59 Å². The van der Waals surface area contributed by atoms with E-state index in [-0.39, 0.29) is 0 Å². The fraction of sp³-hybridized carbons (Fsp3) is 0. The van der Waals surface area contributed by atoms with Crippen LogP contribution in [0, 0.1) is 0 Å². The Kier molecular flexibility index (Phi) is 4.05. The zero-order valence-electron chi connectivity index (χ0n) is 8.70. The molecule has 0 fully saturated rings. The number of aliphatic hydroxyl groups is 1. The van der Waals surface area contributed by atoms with Crippen LogP contribution in [0.5, 0.6) is 0 Å². The smallest absolute Gasteiger partial charge is 0.370 e. The minimum atomic E-state index is -1.42. The van der Waals surface area contributed by atoms with Crippen molar-refractivity contribution in [3.05, 3.63) is 47.2 Å². The maximum atomic E-state index is 10.4. The van der Waals surface area contributed by atoms with Crippen molar-refractivity contribution in [2.45, 2.75) is 0 Å². The Morgan fingerprint density at radius 1 is 1.06 bits per heavy atom. The van der Waals surface area contributed by atoms with Gasteiger partial charge in [-0.3, -0.25) is 0 Å². The molecule has 17 heavy (non-hydrogen) atoms. The van der Waals surface area contributed by atoms with Crippen LogP contribution in [0.2, 0.25) is 0 Å². The molecular formula is C12H10O5. The summed E-state index contributed by atoms with van der Waals surface area (Å²) in [5, 5.41) is 26.0. The van der Waals surface area contributed by atoms with Crippen LogP contribution in [0.3, 0.4) is 0 Å². The monoisotopic (exact) mass is 234 g/mol. The third-order valence-electron chi connectivity index (χ3n) is 1.85. The van der Waals surface area contributed by atoms with Gasteiger partial charge in [0, 0.05) is 6.08 Å². The third kappa shape index (κ3) is 4.21. The lowest BCUT2D eigenvalue weighted by atomic mass is 10.1. The van der Waals surface area contributed by atoms with Crippen molar-refractivity contribution in [3.8, 4) is 0 Å². The molecule has 1 aromatic carbocycles. The van der Waals surface area contributed by atoms with E-state index in [9.17, 15) is 9.59 Å². The highest BCUT2D eigenvalue weighted by molar-refractivity contribution is 5.89. The molecule has 0 bridgehead atoms. The molecule has 5 heteroatoms. The number of hydrogen-bond donors (Lipinski definition) is 3. The van der Waals surface area contributed by atoms with Gasteiger partial charge in [-0.05, 0) is 29.3 Å². The van der Waals surface area contributed by atoms with Gasteiger partial charge in [-0.25, -0.2) is 9.59 Å². The molecule has 0 atom stereocenters. The first kappa shape index (κ1) is 12.5. The summed E-state index contributed by atoms with van der Waals surface area (Å²) in [7, 11) is 0. The van der Waals surface area contributed by atoms with Gasteiger partial charge in [-0.15, -0.1) is 0 Å². The molecule has 0 unspecified atom stereocenters. The van der Waals surface area contributed by atoms with E-state index in [1.165, 1.54) is 6.08 Å². The second-order valence-electron chi connectivity index (χ2n) is 3.18. The highest BCUT2D eigenvalue weighted by Crippen LogP contribution is 2.10. The van der Waals surface area contributed by atoms with Gasteiger partial charge in [-0.1, -0.05) is 18.2 Å². The van der Waals surface area contributed by atoms with Crippen molar-refractivity contribution >= 4 is 24.1 Å². The Hall–Kier alpha value is -2.56. The second kappa shape index (κ2) is 5.50. The van der Waals surface area contributed by atoms with Crippen molar-refractivity contribution in [3.63, 3.8) is 0 Å². The first-order valence-electron chi connectivity index (χ1n) is 4.64. The maximum absolute atomic E-state index is 10.4. The molecule has 1 rings (SSSR count). The Balaban J connectivity index is 2.98. The molecule has 0 aliphatic heterocycles. The summed E-state index contributed by atoms with van der Waals surface area (Å²) in [6, 6.07) is 6.44. The van der Waals surface area contributed by atoms with Crippen molar-refractivity contribution < 1.29 is 24.9 Å². The lowest BCUT2D eigenvalue weighted by Gasteiger charge is -1.97. The van der Waals surface area contributed by atoms with Gasteiger partial charge in [0.1, 0.15) is 0 Å². The predicted octanol–water partition coefficient (Wildman–Crippen LogP) is 1.77.